The van der Waals surface area contributed by atoms with Crippen molar-refractivity contribution >= 4 is 23.0 Å². The van der Waals surface area contributed by atoms with Gasteiger partial charge in [0.05, 0.1) is 6.04 Å². The first-order valence-corrected chi connectivity index (χ1v) is 7.36. The number of aromatic nitrogens is 1. The standard InChI is InChI=1S/C16H19N3S/c1-12-6-3-4-7-14(12)17-16(20)19-11-10-18-9-5-8-15(18)13(19)2/h3-9,13H,10-11H2,1-2H3,(H,17,20)/t13-/m1/s1. The minimum Gasteiger partial charge on any atom is -0.348 e. The molecule has 0 saturated heterocycles. The van der Waals surface area contributed by atoms with Crippen LogP contribution in [-0.2, 0) is 6.54 Å². The average Bonchev–Trinajstić information content (AvgIpc) is 2.91. The van der Waals surface area contributed by atoms with Gasteiger partial charge in [-0.1, -0.05) is 18.2 Å². The molecule has 1 aromatic heterocycles. The van der Waals surface area contributed by atoms with Gasteiger partial charge in [-0.15, -0.1) is 0 Å². The normalized spacial score (nSPS) is 17.7. The quantitative estimate of drug-likeness (QED) is 0.809. The number of nitrogens with zero attached hydrogens (tertiary/aromatic N) is 2. The third-order valence-electron chi connectivity index (χ3n) is 3.99. The second kappa shape index (κ2) is 5.29. The van der Waals surface area contributed by atoms with Gasteiger partial charge < -0.3 is 14.8 Å². The molecular formula is C16H19N3S. The van der Waals surface area contributed by atoms with E-state index in [4.69, 9.17) is 12.2 Å². The number of aryl methyl sites for hydroxylation is 1. The molecule has 4 heteroatoms. The van der Waals surface area contributed by atoms with Crippen LogP contribution in [0.3, 0.4) is 0 Å². The van der Waals surface area contributed by atoms with E-state index in [1.165, 1.54) is 11.3 Å². The van der Waals surface area contributed by atoms with Gasteiger partial charge in [0.2, 0.25) is 0 Å². The van der Waals surface area contributed by atoms with Crippen molar-refractivity contribution in [3.8, 4) is 0 Å². The van der Waals surface area contributed by atoms with Gasteiger partial charge in [0, 0.05) is 30.7 Å². The number of benzene rings is 1. The molecule has 3 rings (SSSR count). The average molecular weight is 285 g/mol. The van der Waals surface area contributed by atoms with Gasteiger partial charge in [-0.05, 0) is 49.8 Å². The number of rotatable bonds is 1. The van der Waals surface area contributed by atoms with E-state index in [0.717, 1.165) is 23.9 Å². The maximum atomic E-state index is 5.60. The number of nitrogens with one attached hydrogen (secondary N) is 1. The summed E-state index contributed by atoms with van der Waals surface area (Å²) in [6.45, 7) is 6.23. The number of thiocarbonyl (C=S) groups is 1. The first-order valence-electron chi connectivity index (χ1n) is 6.95. The maximum absolute atomic E-state index is 5.60. The smallest absolute Gasteiger partial charge is 0.174 e. The van der Waals surface area contributed by atoms with Crippen LogP contribution in [0.25, 0.3) is 0 Å². The molecule has 1 aliphatic heterocycles. The van der Waals surface area contributed by atoms with Crippen molar-refractivity contribution < 1.29 is 0 Å². The van der Waals surface area contributed by atoms with Gasteiger partial charge in [0.1, 0.15) is 0 Å². The number of anilines is 1. The van der Waals surface area contributed by atoms with Crippen LogP contribution in [0.1, 0.15) is 24.2 Å². The van der Waals surface area contributed by atoms with Gasteiger partial charge in [-0.2, -0.15) is 0 Å². The second-order valence-corrected chi connectivity index (χ2v) is 5.63. The van der Waals surface area contributed by atoms with Crippen molar-refractivity contribution in [3.05, 3.63) is 53.9 Å². The van der Waals surface area contributed by atoms with Gasteiger partial charge in [-0.25, -0.2) is 0 Å². The minimum absolute atomic E-state index is 0.308. The fraction of sp³-hybridized carbons (Fsp3) is 0.312. The van der Waals surface area contributed by atoms with Crippen LogP contribution in [0.2, 0.25) is 0 Å². The van der Waals surface area contributed by atoms with E-state index < -0.39 is 0 Å². The van der Waals surface area contributed by atoms with Crippen LogP contribution in [0.4, 0.5) is 5.69 Å². The van der Waals surface area contributed by atoms with Crippen molar-refractivity contribution in [2.24, 2.45) is 0 Å². The Balaban J connectivity index is 1.77. The molecule has 0 bridgehead atoms. The molecule has 0 saturated carbocycles. The van der Waals surface area contributed by atoms with Gasteiger partial charge in [-0.3, -0.25) is 0 Å². The Morgan fingerprint density at radius 1 is 1.20 bits per heavy atom. The lowest BCUT2D eigenvalue weighted by Crippen LogP contribution is -2.42. The van der Waals surface area contributed by atoms with E-state index in [-0.39, 0.29) is 0 Å². The van der Waals surface area contributed by atoms with Gasteiger partial charge in [0.15, 0.2) is 5.11 Å². The Morgan fingerprint density at radius 2 is 2.00 bits per heavy atom. The van der Waals surface area contributed by atoms with Crippen LogP contribution >= 0.6 is 12.2 Å². The molecule has 2 aromatic rings. The molecular weight excluding hydrogens is 266 g/mol. The van der Waals surface area contributed by atoms with Crippen molar-refractivity contribution in [1.29, 1.82) is 0 Å². The summed E-state index contributed by atoms with van der Waals surface area (Å²) in [5.41, 5.74) is 3.62. The number of fused-ring (bicyclic) bond motifs is 1. The molecule has 1 aromatic carbocycles. The molecule has 0 unspecified atom stereocenters. The fourth-order valence-electron chi connectivity index (χ4n) is 2.76. The molecule has 0 amide bonds. The topological polar surface area (TPSA) is 20.2 Å². The van der Waals surface area contributed by atoms with E-state index in [0.29, 0.717) is 6.04 Å². The summed E-state index contributed by atoms with van der Waals surface area (Å²) in [6, 6.07) is 12.8. The molecule has 0 aliphatic carbocycles. The minimum atomic E-state index is 0.308. The molecule has 20 heavy (non-hydrogen) atoms. The van der Waals surface area contributed by atoms with Crippen LogP contribution in [-0.4, -0.2) is 21.1 Å². The zero-order valence-electron chi connectivity index (χ0n) is 11.8. The van der Waals surface area contributed by atoms with Crippen molar-refractivity contribution in [3.63, 3.8) is 0 Å². The maximum Gasteiger partial charge on any atom is 0.174 e. The summed E-state index contributed by atoms with van der Waals surface area (Å²) in [5.74, 6) is 0. The largest absolute Gasteiger partial charge is 0.348 e. The highest BCUT2D eigenvalue weighted by atomic mass is 32.1. The van der Waals surface area contributed by atoms with Crippen molar-refractivity contribution in [2.45, 2.75) is 26.4 Å². The molecule has 0 spiro atoms. The van der Waals surface area contributed by atoms with E-state index in [2.05, 4.69) is 59.1 Å². The molecule has 1 aliphatic rings. The summed E-state index contributed by atoms with van der Waals surface area (Å²) in [6.07, 6.45) is 2.14. The zero-order valence-corrected chi connectivity index (χ0v) is 12.7. The number of para-hydroxylation sites is 1. The van der Waals surface area contributed by atoms with Gasteiger partial charge >= 0.3 is 0 Å². The molecule has 3 nitrogen and oxygen atoms in total. The van der Waals surface area contributed by atoms with Crippen LogP contribution in [0.5, 0.6) is 0 Å². The predicted molar refractivity (Wildman–Crippen MR) is 87.0 cm³/mol. The first-order chi connectivity index (χ1) is 9.66. The van der Waals surface area contributed by atoms with E-state index in [1.54, 1.807) is 0 Å². The van der Waals surface area contributed by atoms with Crippen molar-refractivity contribution in [1.82, 2.24) is 9.47 Å². The number of hydrogen-bond donors (Lipinski definition) is 1. The summed E-state index contributed by atoms with van der Waals surface area (Å²) >= 11 is 5.60. The van der Waals surface area contributed by atoms with E-state index >= 15 is 0 Å². The van der Waals surface area contributed by atoms with Crippen molar-refractivity contribution in [2.75, 3.05) is 11.9 Å². The zero-order chi connectivity index (χ0) is 14.1. The lowest BCUT2D eigenvalue weighted by molar-refractivity contribution is 0.276. The Hall–Kier alpha value is -1.81. The molecule has 0 fully saturated rings. The van der Waals surface area contributed by atoms with E-state index in [1.807, 2.05) is 12.1 Å². The lowest BCUT2D eigenvalue weighted by Gasteiger charge is -2.37. The van der Waals surface area contributed by atoms with Gasteiger partial charge in [0.25, 0.3) is 0 Å². The summed E-state index contributed by atoms with van der Waals surface area (Å²) in [5, 5.41) is 4.19. The third-order valence-corrected chi connectivity index (χ3v) is 4.33. The second-order valence-electron chi connectivity index (χ2n) is 5.24. The number of hydrogen-bond acceptors (Lipinski definition) is 1. The Bertz CT molecular complexity index is 632. The van der Waals surface area contributed by atoms with Crippen LogP contribution in [0, 0.1) is 6.92 Å². The molecule has 104 valence electrons. The lowest BCUT2D eigenvalue weighted by atomic mass is 10.1. The summed E-state index contributed by atoms with van der Waals surface area (Å²) in [7, 11) is 0. The molecule has 1 atom stereocenters. The summed E-state index contributed by atoms with van der Waals surface area (Å²) < 4.78 is 2.30. The first kappa shape index (κ1) is 13.2. The molecule has 0 radical (unpaired) electrons. The van der Waals surface area contributed by atoms with Crippen LogP contribution in [0.15, 0.2) is 42.6 Å². The SMILES string of the molecule is Cc1ccccc1NC(=S)N1CCn2cccc2[C@H]1C. The van der Waals surface area contributed by atoms with E-state index in [9.17, 15) is 0 Å². The highest BCUT2D eigenvalue weighted by Gasteiger charge is 2.25. The van der Waals surface area contributed by atoms with Crippen LogP contribution < -0.4 is 5.32 Å². The fourth-order valence-corrected chi connectivity index (χ4v) is 3.12. The monoisotopic (exact) mass is 285 g/mol. The Kier molecular flexibility index (Phi) is 3.49. The Labute approximate surface area is 125 Å². The highest BCUT2D eigenvalue weighted by Crippen LogP contribution is 2.26. The third kappa shape index (κ3) is 2.31. The Morgan fingerprint density at radius 3 is 2.80 bits per heavy atom. The molecule has 1 N–H and O–H groups in total. The summed E-state index contributed by atoms with van der Waals surface area (Å²) in [4.78, 5) is 2.26. The molecule has 2 heterocycles. The highest BCUT2D eigenvalue weighted by molar-refractivity contribution is 7.80. The predicted octanol–water partition coefficient (Wildman–Crippen LogP) is 3.57.